The molecule has 0 aromatic carbocycles. The quantitative estimate of drug-likeness (QED) is 0.894. The number of nitrogens with zero attached hydrogens (tertiary/aromatic N) is 2. The molecule has 0 bridgehead atoms. The summed E-state index contributed by atoms with van der Waals surface area (Å²) < 4.78 is 5.54. The first-order chi connectivity index (χ1) is 9.60. The normalized spacial score (nSPS) is 29.5. The van der Waals surface area contributed by atoms with E-state index in [4.69, 9.17) is 9.84 Å². The molecule has 106 valence electrons. The van der Waals surface area contributed by atoms with Crippen molar-refractivity contribution in [3.8, 4) is 0 Å². The van der Waals surface area contributed by atoms with Crippen molar-refractivity contribution in [1.82, 2.24) is 4.98 Å². The third-order valence-corrected chi connectivity index (χ3v) is 4.14. The van der Waals surface area contributed by atoms with Crippen molar-refractivity contribution in [3.05, 3.63) is 24.4 Å². The predicted octanol–water partition coefficient (Wildman–Crippen LogP) is 2.05. The maximum Gasteiger partial charge on any atom is 0.416 e. The molecule has 1 aromatic rings. The molecule has 0 radical (unpaired) electrons. The molecule has 0 atom stereocenters. The summed E-state index contributed by atoms with van der Waals surface area (Å²) in [5.41, 5.74) is -0.541. The van der Waals surface area contributed by atoms with E-state index >= 15 is 0 Å². The number of carboxylic acids is 1. The van der Waals surface area contributed by atoms with E-state index < -0.39 is 17.7 Å². The van der Waals surface area contributed by atoms with Gasteiger partial charge in [0.2, 0.25) is 0 Å². The van der Waals surface area contributed by atoms with Gasteiger partial charge in [0.15, 0.2) is 0 Å². The minimum atomic E-state index is -0.759. The molecule has 1 spiro atoms. The van der Waals surface area contributed by atoms with Gasteiger partial charge in [0, 0.05) is 6.20 Å². The van der Waals surface area contributed by atoms with E-state index in [1.807, 2.05) is 6.07 Å². The van der Waals surface area contributed by atoms with Gasteiger partial charge < -0.3 is 9.84 Å². The summed E-state index contributed by atoms with van der Waals surface area (Å²) in [6.45, 7) is 0.454. The lowest BCUT2D eigenvalue weighted by Crippen LogP contribution is -2.40. The Kier molecular flexibility index (Phi) is 3.08. The number of hydrogen-bond donors (Lipinski definition) is 1. The third kappa shape index (κ3) is 2.21. The molecular formula is C14H16N2O4. The fourth-order valence-corrected chi connectivity index (χ4v) is 2.96. The first kappa shape index (κ1) is 12.9. The topological polar surface area (TPSA) is 79.7 Å². The van der Waals surface area contributed by atoms with E-state index in [-0.39, 0.29) is 5.92 Å². The van der Waals surface area contributed by atoms with E-state index in [1.54, 1.807) is 18.3 Å². The van der Waals surface area contributed by atoms with Crippen molar-refractivity contribution >= 4 is 17.9 Å². The van der Waals surface area contributed by atoms with Gasteiger partial charge in [0.1, 0.15) is 11.4 Å². The summed E-state index contributed by atoms with van der Waals surface area (Å²) in [5, 5.41) is 9.02. The third-order valence-electron chi connectivity index (χ3n) is 4.14. The second kappa shape index (κ2) is 4.77. The minimum Gasteiger partial charge on any atom is -0.481 e. The Bertz CT molecular complexity index is 523. The number of carbonyl (C=O) groups excluding carboxylic acids is 1. The van der Waals surface area contributed by atoms with Gasteiger partial charge >= 0.3 is 12.1 Å². The number of pyridine rings is 1. The van der Waals surface area contributed by atoms with E-state index in [0.717, 1.165) is 0 Å². The number of ether oxygens (including phenoxy) is 1. The molecule has 1 saturated heterocycles. The number of hydrogen-bond acceptors (Lipinski definition) is 4. The summed E-state index contributed by atoms with van der Waals surface area (Å²) >= 11 is 0. The highest BCUT2D eigenvalue weighted by Gasteiger charge is 2.48. The van der Waals surface area contributed by atoms with Crippen LogP contribution in [0.25, 0.3) is 0 Å². The van der Waals surface area contributed by atoms with Crippen LogP contribution in [0.4, 0.5) is 10.6 Å². The maximum absolute atomic E-state index is 12.0. The molecule has 0 unspecified atom stereocenters. The lowest BCUT2D eigenvalue weighted by molar-refractivity contribution is -0.144. The predicted molar refractivity (Wildman–Crippen MR) is 70.4 cm³/mol. The van der Waals surface area contributed by atoms with Crippen molar-refractivity contribution < 1.29 is 19.4 Å². The molecule has 1 aliphatic carbocycles. The molecule has 3 rings (SSSR count). The van der Waals surface area contributed by atoms with Gasteiger partial charge in [-0.05, 0) is 37.8 Å². The number of carboxylic acid groups (broad SMARTS) is 1. The zero-order chi connectivity index (χ0) is 14.2. The zero-order valence-electron chi connectivity index (χ0n) is 11.0. The molecule has 1 aliphatic heterocycles. The van der Waals surface area contributed by atoms with E-state index in [0.29, 0.717) is 38.0 Å². The standard InChI is InChI=1S/C14H16N2O4/c17-12(18)10-4-6-14(7-5-10)9-16(13(19)20-14)11-3-1-2-8-15-11/h1-3,8,10H,4-7,9H2,(H,17,18). The fourth-order valence-electron chi connectivity index (χ4n) is 2.96. The van der Waals surface area contributed by atoms with Gasteiger partial charge in [-0.3, -0.25) is 9.69 Å². The number of amides is 1. The molecule has 2 fully saturated rings. The van der Waals surface area contributed by atoms with Crippen molar-refractivity contribution in [2.24, 2.45) is 5.92 Å². The van der Waals surface area contributed by atoms with Crippen LogP contribution in [0.2, 0.25) is 0 Å². The summed E-state index contributed by atoms with van der Waals surface area (Å²) in [6.07, 6.45) is 3.54. The largest absolute Gasteiger partial charge is 0.481 e. The van der Waals surface area contributed by atoms with Gasteiger partial charge in [0.05, 0.1) is 12.5 Å². The first-order valence-electron chi connectivity index (χ1n) is 6.74. The van der Waals surface area contributed by atoms with Gasteiger partial charge in [0.25, 0.3) is 0 Å². The Morgan fingerprint density at radius 3 is 2.75 bits per heavy atom. The Morgan fingerprint density at radius 1 is 1.40 bits per heavy atom. The number of aliphatic carboxylic acids is 1. The van der Waals surface area contributed by atoms with Crippen molar-refractivity contribution in [2.45, 2.75) is 31.3 Å². The van der Waals surface area contributed by atoms with Gasteiger partial charge in [-0.25, -0.2) is 9.78 Å². The maximum atomic E-state index is 12.0. The monoisotopic (exact) mass is 276 g/mol. The summed E-state index contributed by atoms with van der Waals surface area (Å²) in [7, 11) is 0. The van der Waals surface area contributed by atoms with E-state index in [1.165, 1.54) is 4.90 Å². The lowest BCUT2D eigenvalue weighted by Gasteiger charge is -2.33. The fraction of sp³-hybridized carbons (Fsp3) is 0.500. The molecule has 2 heterocycles. The molecule has 2 aliphatic rings. The number of carbonyl (C=O) groups is 2. The van der Waals surface area contributed by atoms with Crippen LogP contribution in [0.5, 0.6) is 0 Å². The molecular weight excluding hydrogens is 260 g/mol. The van der Waals surface area contributed by atoms with Gasteiger partial charge in [-0.15, -0.1) is 0 Å². The average Bonchev–Trinajstić information content (AvgIpc) is 2.77. The van der Waals surface area contributed by atoms with Crippen molar-refractivity contribution in [1.29, 1.82) is 0 Å². The smallest absolute Gasteiger partial charge is 0.416 e. The van der Waals surface area contributed by atoms with E-state index in [2.05, 4.69) is 4.98 Å². The van der Waals surface area contributed by atoms with E-state index in [9.17, 15) is 9.59 Å². The number of aromatic nitrogens is 1. The Morgan fingerprint density at radius 2 is 2.15 bits per heavy atom. The van der Waals surface area contributed by atoms with Crippen LogP contribution < -0.4 is 4.90 Å². The summed E-state index contributed by atoms with van der Waals surface area (Å²) in [5.74, 6) is -0.497. The lowest BCUT2D eigenvalue weighted by atomic mass is 9.79. The highest BCUT2D eigenvalue weighted by atomic mass is 16.6. The van der Waals surface area contributed by atoms with Crippen molar-refractivity contribution in [2.75, 3.05) is 11.4 Å². The molecule has 1 amide bonds. The Balaban J connectivity index is 1.73. The van der Waals surface area contributed by atoms with Crippen LogP contribution in [0.3, 0.4) is 0 Å². The first-order valence-corrected chi connectivity index (χ1v) is 6.74. The van der Waals surface area contributed by atoms with Crippen LogP contribution in [0.15, 0.2) is 24.4 Å². The number of anilines is 1. The van der Waals surface area contributed by atoms with Crippen molar-refractivity contribution in [3.63, 3.8) is 0 Å². The van der Waals surface area contributed by atoms with Crippen LogP contribution in [-0.2, 0) is 9.53 Å². The minimum absolute atomic E-state index is 0.316. The molecule has 20 heavy (non-hydrogen) atoms. The second-order valence-electron chi connectivity index (χ2n) is 5.44. The summed E-state index contributed by atoms with van der Waals surface area (Å²) in [4.78, 5) is 28.7. The highest BCUT2D eigenvalue weighted by molar-refractivity contribution is 5.89. The average molecular weight is 276 g/mol. The van der Waals surface area contributed by atoms with Gasteiger partial charge in [-0.1, -0.05) is 6.07 Å². The Hall–Kier alpha value is -2.11. The Labute approximate surface area is 116 Å². The molecule has 1 N–H and O–H groups in total. The second-order valence-corrected chi connectivity index (χ2v) is 5.44. The van der Waals surface area contributed by atoms with Crippen LogP contribution in [0, 0.1) is 5.92 Å². The zero-order valence-corrected chi connectivity index (χ0v) is 11.0. The summed E-state index contributed by atoms with van der Waals surface area (Å²) in [6, 6.07) is 5.38. The molecule has 1 saturated carbocycles. The number of rotatable bonds is 2. The van der Waals surface area contributed by atoms with Crippen LogP contribution in [0.1, 0.15) is 25.7 Å². The highest BCUT2D eigenvalue weighted by Crippen LogP contribution is 2.40. The van der Waals surface area contributed by atoms with Gasteiger partial charge in [-0.2, -0.15) is 0 Å². The molecule has 1 aromatic heterocycles. The molecule has 6 nitrogen and oxygen atoms in total. The van der Waals surface area contributed by atoms with Crippen LogP contribution in [-0.4, -0.2) is 34.3 Å². The molecule has 6 heteroatoms. The SMILES string of the molecule is O=C(O)C1CCC2(CC1)CN(c1ccccn1)C(=O)O2. The van der Waals surface area contributed by atoms with Crippen LogP contribution >= 0.6 is 0 Å².